The van der Waals surface area contributed by atoms with Crippen LogP contribution in [-0.4, -0.2) is 65.4 Å². The van der Waals surface area contributed by atoms with E-state index in [2.05, 4.69) is 32.9 Å². The maximum absolute atomic E-state index is 15.1. The molecular weight excluding hydrogens is 529 g/mol. The summed E-state index contributed by atoms with van der Waals surface area (Å²) >= 11 is 0. The second-order valence-electron chi connectivity index (χ2n) is 10.0. The van der Waals surface area contributed by atoms with Crippen molar-refractivity contribution in [3.05, 3.63) is 83.1 Å². The summed E-state index contributed by atoms with van der Waals surface area (Å²) in [5.74, 6) is -0.124. The van der Waals surface area contributed by atoms with E-state index < -0.39 is 5.82 Å². The van der Waals surface area contributed by atoms with Gasteiger partial charge in [0.25, 0.3) is 0 Å². The number of carbonyl (C=O) groups is 1. The number of rotatable bonds is 13. The van der Waals surface area contributed by atoms with Crippen molar-refractivity contribution >= 4 is 11.4 Å². The molecule has 2 N–H and O–H groups in total. The number of nitrogens with zero attached hydrogens (tertiary/aromatic N) is 8. The van der Waals surface area contributed by atoms with Gasteiger partial charge in [0, 0.05) is 36.5 Å². The van der Waals surface area contributed by atoms with Crippen molar-refractivity contribution < 1.29 is 18.7 Å². The van der Waals surface area contributed by atoms with Crippen LogP contribution in [0.3, 0.4) is 0 Å². The van der Waals surface area contributed by atoms with Gasteiger partial charge in [-0.3, -0.25) is 4.79 Å². The lowest BCUT2D eigenvalue weighted by molar-refractivity contribution is 0.0977. The molecule has 1 aliphatic rings. The quantitative estimate of drug-likeness (QED) is 0.170. The SMILES string of the molecule is COc1ccc(-n2ccnn2)c(CCC(=O)c2cn(Cc3cn4cc(C5CC5)cc(COCCN)c4n3)nn2)c1F. The van der Waals surface area contributed by atoms with Gasteiger partial charge in [-0.15, -0.1) is 10.2 Å². The number of methoxy groups -OCH3 is 1. The molecule has 0 aliphatic heterocycles. The molecule has 1 aliphatic carbocycles. The minimum absolute atomic E-state index is 0.0228. The first-order chi connectivity index (χ1) is 20.0. The molecule has 0 radical (unpaired) electrons. The first-order valence-electron chi connectivity index (χ1n) is 13.5. The fourth-order valence-electron chi connectivity index (χ4n) is 4.90. The van der Waals surface area contributed by atoms with Gasteiger partial charge in [-0.05, 0) is 48.9 Å². The van der Waals surface area contributed by atoms with Gasteiger partial charge in [0.1, 0.15) is 11.3 Å². The number of carbonyl (C=O) groups excluding carboxylic acids is 1. The van der Waals surface area contributed by atoms with E-state index in [4.69, 9.17) is 20.2 Å². The summed E-state index contributed by atoms with van der Waals surface area (Å²) in [6.45, 7) is 1.72. The van der Waals surface area contributed by atoms with E-state index in [-0.39, 0.29) is 30.1 Å². The maximum Gasteiger partial charge on any atom is 0.185 e. The summed E-state index contributed by atoms with van der Waals surface area (Å²) in [7, 11) is 1.40. The normalized spacial score (nSPS) is 13.2. The molecular formula is C28H30FN9O3. The zero-order valence-corrected chi connectivity index (χ0v) is 22.6. The minimum atomic E-state index is -0.540. The summed E-state index contributed by atoms with van der Waals surface area (Å²) in [6.07, 6.45) is 11.3. The molecule has 5 aromatic rings. The van der Waals surface area contributed by atoms with Gasteiger partial charge in [0.2, 0.25) is 0 Å². The van der Waals surface area contributed by atoms with Crippen molar-refractivity contribution in [1.82, 2.24) is 39.4 Å². The molecule has 6 rings (SSSR count). The topological polar surface area (TPSA) is 140 Å². The van der Waals surface area contributed by atoms with Crippen molar-refractivity contribution in [1.29, 1.82) is 0 Å². The predicted octanol–water partition coefficient (Wildman–Crippen LogP) is 2.87. The monoisotopic (exact) mass is 559 g/mol. The zero-order valence-electron chi connectivity index (χ0n) is 22.6. The largest absolute Gasteiger partial charge is 0.494 e. The Bertz CT molecular complexity index is 1670. The number of ketones is 1. The third-order valence-corrected chi connectivity index (χ3v) is 7.09. The number of halogens is 1. The van der Waals surface area contributed by atoms with E-state index in [0.717, 1.165) is 16.9 Å². The van der Waals surface area contributed by atoms with Crippen molar-refractivity contribution in [2.75, 3.05) is 20.3 Å². The molecule has 212 valence electrons. The lowest BCUT2D eigenvalue weighted by Gasteiger charge is -2.12. The summed E-state index contributed by atoms with van der Waals surface area (Å²) in [5.41, 5.74) is 10.5. The van der Waals surface area contributed by atoms with Crippen LogP contribution in [0.25, 0.3) is 11.3 Å². The number of imidazole rings is 1. The van der Waals surface area contributed by atoms with Crippen LogP contribution in [0.5, 0.6) is 5.75 Å². The number of hydrogen-bond donors (Lipinski definition) is 1. The third kappa shape index (κ3) is 5.72. The number of ether oxygens (including phenoxy) is 2. The summed E-state index contributed by atoms with van der Waals surface area (Å²) in [5, 5.41) is 16.0. The van der Waals surface area contributed by atoms with E-state index in [1.165, 1.54) is 42.5 Å². The number of Topliss-reactive ketones (excluding diaryl/α,β-unsaturated/α-hetero) is 1. The molecule has 41 heavy (non-hydrogen) atoms. The highest BCUT2D eigenvalue weighted by molar-refractivity contribution is 5.94. The molecule has 0 atom stereocenters. The Morgan fingerprint density at radius 3 is 2.83 bits per heavy atom. The number of benzene rings is 1. The van der Waals surface area contributed by atoms with Gasteiger partial charge in [-0.25, -0.2) is 18.7 Å². The van der Waals surface area contributed by atoms with Crippen LogP contribution >= 0.6 is 0 Å². The van der Waals surface area contributed by atoms with E-state index >= 15 is 4.39 Å². The summed E-state index contributed by atoms with van der Waals surface area (Å²) in [4.78, 5) is 17.8. The van der Waals surface area contributed by atoms with Crippen molar-refractivity contribution in [3.8, 4) is 11.4 Å². The summed E-state index contributed by atoms with van der Waals surface area (Å²) in [6, 6.07) is 5.38. The van der Waals surface area contributed by atoms with Crippen molar-refractivity contribution in [2.45, 2.75) is 44.8 Å². The Hall–Kier alpha value is -4.49. The van der Waals surface area contributed by atoms with Crippen LogP contribution in [-0.2, 0) is 24.3 Å². The molecule has 1 fully saturated rings. The fourth-order valence-corrected chi connectivity index (χ4v) is 4.90. The van der Waals surface area contributed by atoms with Gasteiger partial charge >= 0.3 is 0 Å². The molecule has 12 nitrogen and oxygen atoms in total. The van der Waals surface area contributed by atoms with E-state index in [0.29, 0.717) is 43.5 Å². The lowest BCUT2D eigenvalue weighted by Crippen LogP contribution is -2.09. The second kappa shape index (κ2) is 11.6. The van der Waals surface area contributed by atoms with Crippen LogP contribution in [0.2, 0.25) is 0 Å². The van der Waals surface area contributed by atoms with E-state index in [1.807, 2.05) is 10.6 Å². The number of fused-ring (bicyclic) bond motifs is 1. The average molecular weight is 560 g/mol. The predicted molar refractivity (Wildman–Crippen MR) is 146 cm³/mol. The molecule has 0 amide bonds. The highest BCUT2D eigenvalue weighted by Crippen LogP contribution is 2.40. The molecule has 13 heteroatoms. The Balaban J connectivity index is 1.17. The maximum atomic E-state index is 15.1. The average Bonchev–Trinajstić information content (AvgIpc) is 3.32. The smallest absolute Gasteiger partial charge is 0.185 e. The van der Waals surface area contributed by atoms with Crippen molar-refractivity contribution in [3.63, 3.8) is 0 Å². The number of hydrogen-bond acceptors (Lipinski definition) is 9. The molecule has 0 bridgehead atoms. The van der Waals surface area contributed by atoms with Crippen LogP contribution in [0.1, 0.15) is 58.1 Å². The zero-order chi connectivity index (χ0) is 28.3. The summed E-state index contributed by atoms with van der Waals surface area (Å²) < 4.78 is 31.1. The molecule has 0 saturated heterocycles. The third-order valence-electron chi connectivity index (χ3n) is 7.09. The minimum Gasteiger partial charge on any atom is -0.494 e. The molecule has 0 spiro atoms. The van der Waals surface area contributed by atoms with Gasteiger partial charge in [0.05, 0.1) is 56.8 Å². The van der Waals surface area contributed by atoms with Gasteiger partial charge in [-0.1, -0.05) is 10.4 Å². The van der Waals surface area contributed by atoms with Crippen molar-refractivity contribution in [2.24, 2.45) is 5.73 Å². The van der Waals surface area contributed by atoms with Gasteiger partial charge in [0.15, 0.2) is 17.3 Å². The number of aromatic nitrogens is 8. The Labute approximate surface area is 234 Å². The molecule has 4 heterocycles. The van der Waals surface area contributed by atoms with Gasteiger partial charge < -0.3 is 19.6 Å². The number of pyridine rings is 1. The highest BCUT2D eigenvalue weighted by Gasteiger charge is 2.25. The highest BCUT2D eigenvalue weighted by atomic mass is 19.1. The van der Waals surface area contributed by atoms with Crippen LogP contribution in [0.15, 0.2) is 49.2 Å². The van der Waals surface area contributed by atoms with Crippen LogP contribution in [0, 0.1) is 5.82 Å². The number of nitrogens with two attached hydrogens (primary N) is 1. The van der Waals surface area contributed by atoms with Crippen LogP contribution < -0.4 is 10.5 Å². The van der Waals surface area contributed by atoms with E-state index in [9.17, 15) is 4.79 Å². The molecule has 0 unspecified atom stereocenters. The standard InChI is InChI=1S/C28H30FN9O3/c1-40-26-7-5-24(38-10-9-31-34-38)22(27(26)29)4-6-25(39)23-16-37(35-33-23)15-21-14-36-13-19(18-2-3-18)12-20(28(36)32-21)17-41-11-8-30/h5,7,9-10,12-14,16,18H,2-4,6,8,11,15,17,30H2,1H3. The fraction of sp³-hybridized carbons (Fsp3) is 0.357. The first kappa shape index (κ1) is 26.7. The molecule has 1 aromatic carbocycles. The Morgan fingerprint density at radius 1 is 1.20 bits per heavy atom. The first-order valence-corrected chi connectivity index (χ1v) is 13.5. The van der Waals surface area contributed by atoms with Gasteiger partial charge in [-0.2, -0.15) is 0 Å². The van der Waals surface area contributed by atoms with Crippen LogP contribution in [0.4, 0.5) is 4.39 Å². The Morgan fingerprint density at radius 2 is 2.07 bits per heavy atom. The lowest BCUT2D eigenvalue weighted by atomic mass is 10.0. The molecule has 1 saturated carbocycles. The van der Waals surface area contributed by atoms with E-state index in [1.54, 1.807) is 23.1 Å². The molecule has 4 aromatic heterocycles. The Kier molecular flexibility index (Phi) is 7.53. The second-order valence-corrected chi connectivity index (χ2v) is 10.0.